The molecular formula is C18H8F4N2O5. The van der Waals surface area contributed by atoms with Crippen LogP contribution in [0.25, 0.3) is 33.5 Å². The van der Waals surface area contributed by atoms with Crippen molar-refractivity contribution in [2.45, 2.75) is 6.18 Å². The van der Waals surface area contributed by atoms with Crippen LogP contribution in [-0.4, -0.2) is 15.2 Å². The summed E-state index contributed by atoms with van der Waals surface area (Å²) in [6.07, 6.45) is -5.11. The average Bonchev–Trinajstić information content (AvgIpc) is 3.07. The van der Waals surface area contributed by atoms with Crippen molar-refractivity contribution in [2.75, 3.05) is 0 Å². The highest BCUT2D eigenvalue weighted by molar-refractivity contribution is 5.84. The average molecular weight is 408 g/mol. The molecule has 148 valence electrons. The van der Waals surface area contributed by atoms with Gasteiger partial charge < -0.3 is 9.52 Å². The Kier molecular flexibility index (Phi) is 4.03. The molecule has 0 saturated heterocycles. The third-order valence-corrected chi connectivity index (χ3v) is 4.09. The Morgan fingerprint density at radius 3 is 2.45 bits per heavy atom. The molecule has 0 atom stereocenters. The third-order valence-electron chi connectivity index (χ3n) is 4.09. The highest BCUT2D eigenvalue weighted by atomic mass is 19.4. The van der Waals surface area contributed by atoms with E-state index in [4.69, 9.17) is 4.42 Å². The van der Waals surface area contributed by atoms with Gasteiger partial charge in [0.1, 0.15) is 17.1 Å². The third kappa shape index (κ3) is 3.16. The first-order valence-electron chi connectivity index (χ1n) is 7.88. The van der Waals surface area contributed by atoms with E-state index in [0.29, 0.717) is 0 Å². The van der Waals surface area contributed by atoms with E-state index in [0.717, 1.165) is 36.4 Å². The predicted molar refractivity (Wildman–Crippen MR) is 90.7 cm³/mol. The molecule has 2 aromatic heterocycles. The minimum absolute atomic E-state index is 0.0146. The van der Waals surface area contributed by atoms with Crippen molar-refractivity contribution in [1.82, 2.24) is 10.1 Å². The number of aromatic amines is 1. The van der Waals surface area contributed by atoms with Crippen LogP contribution in [0.3, 0.4) is 0 Å². The molecule has 0 spiro atoms. The number of phenolic OH excluding ortho intramolecular Hbond substituents is 1. The molecule has 29 heavy (non-hydrogen) atoms. The summed E-state index contributed by atoms with van der Waals surface area (Å²) in [4.78, 5) is 25.9. The van der Waals surface area contributed by atoms with Crippen LogP contribution in [0.5, 0.6) is 5.75 Å². The maximum Gasteiger partial charge on any atom is 0.450 e. The molecule has 0 amide bonds. The number of fused-ring (bicyclic) bond motifs is 1. The van der Waals surface area contributed by atoms with E-state index in [-0.39, 0.29) is 16.8 Å². The maximum absolute atomic E-state index is 14.7. The SMILES string of the molecule is O=c1[nH]c(-c2ccc(-c3c(C(F)(F)F)oc4cc(O)ccc4c3=O)c(F)c2)no1. The van der Waals surface area contributed by atoms with Gasteiger partial charge in [-0.05, 0) is 18.2 Å². The van der Waals surface area contributed by atoms with Gasteiger partial charge in [0, 0.05) is 17.2 Å². The van der Waals surface area contributed by atoms with Gasteiger partial charge in [-0.25, -0.2) is 9.18 Å². The van der Waals surface area contributed by atoms with Crippen molar-refractivity contribution in [3.63, 3.8) is 0 Å². The van der Waals surface area contributed by atoms with Crippen LogP contribution in [0, 0.1) is 5.82 Å². The molecular weight excluding hydrogens is 400 g/mol. The molecule has 4 aromatic rings. The van der Waals surface area contributed by atoms with Gasteiger partial charge in [-0.3, -0.25) is 14.3 Å². The quantitative estimate of drug-likeness (QED) is 0.490. The normalized spacial score (nSPS) is 11.9. The minimum atomic E-state index is -5.11. The standard InChI is InChI=1S/C18H8F4N2O5/c19-11-5-7(16-23-17(27)29-24-16)1-3-9(11)13-14(26)10-4-2-8(25)6-12(10)28-15(13)18(20,21)22/h1-6,25H,(H,23,24,27). The number of benzene rings is 2. The Balaban J connectivity index is 2.00. The van der Waals surface area contributed by atoms with Crippen molar-refractivity contribution in [2.24, 2.45) is 0 Å². The van der Waals surface area contributed by atoms with Crippen LogP contribution < -0.4 is 11.2 Å². The van der Waals surface area contributed by atoms with E-state index < -0.39 is 51.4 Å². The summed E-state index contributed by atoms with van der Waals surface area (Å²) in [5.74, 6) is -4.33. The summed E-state index contributed by atoms with van der Waals surface area (Å²) >= 11 is 0. The first-order valence-corrected chi connectivity index (χ1v) is 7.88. The first-order chi connectivity index (χ1) is 13.6. The number of hydrogen-bond acceptors (Lipinski definition) is 6. The van der Waals surface area contributed by atoms with Crippen LogP contribution in [0.4, 0.5) is 17.6 Å². The van der Waals surface area contributed by atoms with Crippen LogP contribution in [0.2, 0.25) is 0 Å². The van der Waals surface area contributed by atoms with E-state index in [2.05, 4.69) is 14.7 Å². The van der Waals surface area contributed by atoms with Gasteiger partial charge in [-0.15, -0.1) is 0 Å². The van der Waals surface area contributed by atoms with Gasteiger partial charge in [0.05, 0.1) is 10.9 Å². The van der Waals surface area contributed by atoms with E-state index >= 15 is 0 Å². The Labute approximate surface area is 156 Å². The molecule has 0 aliphatic carbocycles. The summed E-state index contributed by atoms with van der Waals surface area (Å²) in [6, 6.07) is 5.92. The van der Waals surface area contributed by atoms with Crippen molar-refractivity contribution in [3.8, 4) is 28.3 Å². The molecule has 2 N–H and O–H groups in total. The number of alkyl halides is 3. The number of H-pyrrole nitrogens is 1. The lowest BCUT2D eigenvalue weighted by atomic mass is 9.99. The van der Waals surface area contributed by atoms with E-state index in [1.807, 2.05) is 0 Å². The molecule has 0 aliphatic heterocycles. The number of hydrogen-bond donors (Lipinski definition) is 2. The van der Waals surface area contributed by atoms with Gasteiger partial charge >= 0.3 is 11.9 Å². The highest BCUT2D eigenvalue weighted by Gasteiger charge is 2.40. The molecule has 0 bridgehead atoms. The Bertz CT molecular complexity index is 1370. The van der Waals surface area contributed by atoms with Crippen LogP contribution in [0.15, 0.2) is 54.9 Å². The van der Waals surface area contributed by atoms with Crippen LogP contribution in [0.1, 0.15) is 5.76 Å². The Morgan fingerprint density at radius 2 is 1.83 bits per heavy atom. The zero-order valence-corrected chi connectivity index (χ0v) is 14.0. The second-order valence-electron chi connectivity index (χ2n) is 5.95. The lowest BCUT2D eigenvalue weighted by Gasteiger charge is -2.13. The summed E-state index contributed by atoms with van der Waals surface area (Å²) in [7, 11) is 0. The summed E-state index contributed by atoms with van der Waals surface area (Å²) in [5.41, 5.74) is -3.28. The molecule has 0 aliphatic rings. The molecule has 11 heteroatoms. The second-order valence-corrected chi connectivity index (χ2v) is 5.95. The fourth-order valence-corrected chi connectivity index (χ4v) is 2.85. The summed E-state index contributed by atoms with van der Waals surface area (Å²) < 4.78 is 64.4. The molecule has 2 aromatic carbocycles. The monoisotopic (exact) mass is 408 g/mol. The van der Waals surface area contributed by atoms with E-state index in [1.165, 1.54) is 0 Å². The number of halogens is 4. The fourth-order valence-electron chi connectivity index (χ4n) is 2.85. The maximum atomic E-state index is 14.7. The van der Waals surface area contributed by atoms with E-state index in [9.17, 15) is 32.3 Å². The zero-order valence-electron chi connectivity index (χ0n) is 14.0. The topological polar surface area (TPSA) is 109 Å². The Hall–Kier alpha value is -3.89. The molecule has 7 nitrogen and oxygen atoms in total. The molecule has 2 heterocycles. The lowest BCUT2D eigenvalue weighted by Crippen LogP contribution is -2.16. The van der Waals surface area contributed by atoms with E-state index in [1.54, 1.807) is 0 Å². The number of aromatic nitrogens is 2. The zero-order chi connectivity index (χ0) is 20.9. The van der Waals surface area contributed by atoms with Gasteiger partial charge in [-0.2, -0.15) is 13.2 Å². The van der Waals surface area contributed by atoms with Gasteiger partial charge in [-0.1, -0.05) is 17.3 Å². The van der Waals surface area contributed by atoms with Crippen molar-refractivity contribution in [1.29, 1.82) is 0 Å². The smallest absolute Gasteiger partial charge is 0.450 e. The summed E-state index contributed by atoms with van der Waals surface area (Å²) in [5, 5.41) is 12.5. The van der Waals surface area contributed by atoms with Gasteiger partial charge in [0.25, 0.3) is 0 Å². The number of rotatable bonds is 2. The fraction of sp³-hybridized carbons (Fsp3) is 0.0556. The molecule has 4 rings (SSSR count). The number of aromatic hydroxyl groups is 1. The number of nitrogens with zero attached hydrogens (tertiary/aromatic N) is 1. The molecule has 0 radical (unpaired) electrons. The second kappa shape index (κ2) is 6.33. The first kappa shape index (κ1) is 18.5. The number of nitrogens with one attached hydrogen (secondary N) is 1. The number of phenols is 1. The highest BCUT2D eigenvalue weighted by Crippen LogP contribution is 2.39. The van der Waals surface area contributed by atoms with Crippen molar-refractivity contribution >= 4 is 11.0 Å². The van der Waals surface area contributed by atoms with Gasteiger partial charge in [0.2, 0.25) is 11.2 Å². The molecule has 0 unspecified atom stereocenters. The van der Waals surface area contributed by atoms with Crippen molar-refractivity contribution in [3.05, 3.63) is 68.7 Å². The predicted octanol–water partition coefficient (Wildman–Crippen LogP) is 3.67. The lowest BCUT2D eigenvalue weighted by molar-refractivity contribution is -0.152. The van der Waals surface area contributed by atoms with Crippen LogP contribution >= 0.6 is 0 Å². The van der Waals surface area contributed by atoms with Gasteiger partial charge in [0.15, 0.2) is 5.82 Å². The summed E-state index contributed by atoms with van der Waals surface area (Å²) in [6.45, 7) is 0. The molecule has 0 fully saturated rings. The Morgan fingerprint density at radius 1 is 1.07 bits per heavy atom. The molecule has 0 saturated carbocycles. The van der Waals surface area contributed by atoms with Crippen molar-refractivity contribution < 1.29 is 31.6 Å². The largest absolute Gasteiger partial charge is 0.508 e. The minimum Gasteiger partial charge on any atom is -0.508 e. The van der Waals surface area contributed by atoms with Crippen LogP contribution in [-0.2, 0) is 6.18 Å².